The number of nitrogens with one attached hydrogen (secondary N) is 1. The number of carbonyl (C=O) groups is 1. The highest BCUT2D eigenvalue weighted by atomic mass is 79.9. The van der Waals surface area contributed by atoms with Crippen molar-refractivity contribution < 1.29 is 4.79 Å². The van der Waals surface area contributed by atoms with Crippen LogP contribution in [0.5, 0.6) is 0 Å². The molecule has 0 radical (unpaired) electrons. The molecule has 102 valence electrons. The normalized spacial score (nSPS) is 12.4. The summed E-state index contributed by atoms with van der Waals surface area (Å²) in [6.07, 6.45) is 5.57. The van der Waals surface area contributed by atoms with Crippen LogP contribution in [0.3, 0.4) is 0 Å². The molecule has 1 unspecified atom stereocenters. The molecule has 2 nitrogen and oxygen atoms in total. The van der Waals surface area contributed by atoms with E-state index < -0.39 is 0 Å². The Morgan fingerprint density at radius 2 is 2.06 bits per heavy atom. The zero-order valence-corrected chi connectivity index (χ0v) is 14.8. The van der Waals surface area contributed by atoms with Gasteiger partial charge in [-0.05, 0) is 50.8 Å². The van der Waals surface area contributed by atoms with E-state index in [4.69, 9.17) is 0 Å². The van der Waals surface area contributed by atoms with E-state index in [1.807, 2.05) is 6.07 Å². The number of hydrogen-bond donors (Lipinski definition) is 1. The Bertz CT molecular complexity index is 373. The third-order valence-corrected chi connectivity index (χ3v) is 6.00. The molecule has 5 heteroatoms. The number of halogens is 2. The monoisotopic (exact) mass is 395 g/mol. The molecule has 0 saturated heterocycles. The molecule has 1 aromatic rings. The summed E-state index contributed by atoms with van der Waals surface area (Å²) in [6, 6.07) is 2.18. The molecule has 0 fully saturated rings. The molecule has 0 aromatic carbocycles. The summed E-state index contributed by atoms with van der Waals surface area (Å²) in [5, 5.41) is 3.14. The molecule has 0 spiro atoms. The van der Waals surface area contributed by atoms with Gasteiger partial charge < -0.3 is 5.32 Å². The first kappa shape index (κ1) is 16.2. The lowest BCUT2D eigenvalue weighted by atomic mass is 10.1. The van der Waals surface area contributed by atoms with Crippen molar-refractivity contribution in [3.8, 4) is 0 Å². The summed E-state index contributed by atoms with van der Waals surface area (Å²) in [6.45, 7) is 4.34. The van der Waals surface area contributed by atoms with Crippen molar-refractivity contribution in [3.63, 3.8) is 0 Å². The van der Waals surface area contributed by atoms with Gasteiger partial charge in [-0.3, -0.25) is 4.79 Å². The standard InChI is InChI=1S/C13H19Br2NOS/c1-3-5-7-9(6-4-2)16-13(17)11-8-10(14)12(15)18-11/h8-9H,3-7H2,1-2H3,(H,16,17). The predicted octanol–water partition coefficient (Wildman–Crippen LogP) is 5.36. The van der Waals surface area contributed by atoms with Gasteiger partial charge >= 0.3 is 0 Å². The molecule has 1 rings (SSSR count). The molecule has 1 amide bonds. The van der Waals surface area contributed by atoms with E-state index in [1.54, 1.807) is 0 Å². The van der Waals surface area contributed by atoms with Crippen LogP contribution in [0.4, 0.5) is 0 Å². The van der Waals surface area contributed by atoms with Gasteiger partial charge in [-0.2, -0.15) is 0 Å². The molecular weight excluding hydrogens is 378 g/mol. The SMILES string of the molecule is CCCCC(CCC)NC(=O)c1cc(Br)c(Br)s1. The number of unbranched alkanes of at least 4 members (excludes halogenated alkanes) is 1. The van der Waals surface area contributed by atoms with Crippen LogP contribution >= 0.6 is 43.2 Å². The summed E-state index contributed by atoms with van der Waals surface area (Å²) in [5.41, 5.74) is 0. The van der Waals surface area contributed by atoms with Crippen molar-refractivity contribution in [1.82, 2.24) is 5.32 Å². The van der Waals surface area contributed by atoms with Crippen LogP contribution in [-0.4, -0.2) is 11.9 Å². The summed E-state index contributed by atoms with van der Waals surface area (Å²) in [7, 11) is 0. The number of hydrogen-bond acceptors (Lipinski definition) is 2. The highest BCUT2D eigenvalue weighted by molar-refractivity contribution is 9.13. The quantitative estimate of drug-likeness (QED) is 0.660. The van der Waals surface area contributed by atoms with Crippen LogP contribution in [0.15, 0.2) is 14.3 Å². The van der Waals surface area contributed by atoms with Crippen molar-refractivity contribution in [2.75, 3.05) is 0 Å². The zero-order valence-electron chi connectivity index (χ0n) is 10.8. The lowest BCUT2D eigenvalue weighted by Gasteiger charge is -2.17. The Balaban J connectivity index is 2.59. The van der Waals surface area contributed by atoms with Crippen molar-refractivity contribution in [1.29, 1.82) is 0 Å². The summed E-state index contributed by atoms with van der Waals surface area (Å²) in [5.74, 6) is 0.0425. The third-order valence-electron chi connectivity index (χ3n) is 2.75. The van der Waals surface area contributed by atoms with Crippen molar-refractivity contribution >= 4 is 49.1 Å². The average molecular weight is 397 g/mol. The van der Waals surface area contributed by atoms with Gasteiger partial charge in [0.1, 0.15) is 0 Å². The minimum Gasteiger partial charge on any atom is -0.349 e. The van der Waals surface area contributed by atoms with E-state index in [0.29, 0.717) is 6.04 Å². The number of carbonyl (C=O) groups excluding carboxylic acids is 1. The number of rotatable bonds is 7. The van der Waals surface area contributed by atoms with Crippen LogP contribution in [0.25, 0.3) is 0 Å². The maximum atomic E-state index is 12.1. The Kier molecular flexibility index (Phi) is 7.49. The van der Waals surface area contributed by atoms with Gasteiger partial charge in [0.2, 0.25) is 0 Å². The molecule has 18 heavy (non-hydrogen) atoms. The molecule has 0 bridgehead atoms. The van der Waals surface area contributed by atoms with Crippen LogP contribution < -0.4 is 5.32 Å². The summed E-state index contributed by atoms with van der Waals surface area (Å²) >= 11 is 8.29. The lowest BCUT2D eigenvalue weighted by molar-refractivity contribution is 0.0936. The molecule has 0 aliphatic rings. The molecule has 1 aromatic heterocycles. The minimum atomic E-state index is 0.0425. The van der Waals surface area contributed by atoms with E-state index in [9.17, 15) is 4.79 Å². The van der Waals surface area contributed by atoms with Gasteiger partial charge in [0.25, 0.3) is 5.91 Å². The molecule has 1 N–H and O–H groups in total. The Labute approximate surface area is 130 Å². The third kappa shape index (κ3) is 5.02. The van der Waals surface area contributed by atoms with E-state index >= 15 is 0 Å². The fourth-order valence-electron chi connectivity index (χ4n) is 1.80. The van der Waals surface area contributed by atoms with Crippen LogP contribution in [0.1, 0.15) is 55.6 Å². The Morgan fingerprint density at radius 3 is 2.56 bits per heavy atom. The Hall–Kier alpha value is 0.130. The lowest BCUT2D eigenvalue weighted by Crippen LogP contribution is -2.34. The predicted molar refractivity (Wildman–Crippen MR) is 85.4 cm³/mol. The second kappa shape index (κ2) is 8.33. The summed E-state index contributed by atoms with van der Waals surface area (Å²) in [4.78, 5) is 12.9. The van der Waals surface area contributed by atoms with Gasteiger partial charge in [-0.25, -0.2) is 0 Å². The van der Waals surface area contributed by atoms with E-state index in [2.05, 4.69) is 51.0 Å². The molecule has 1 atom stereocenters. The van der Waals surface area contributed by atoms with Crippen molar-refractivity contribution in [2.24, 2.45) is 0 Å². The van der Waals surface area contributed by atoms with Gasteiger partial charge in [-0.15, -0.1) is 11.3 Å². The minimum absolute atomic E-state index is 0.0425. The highest BCUT2D eigenvalue weighted by Gasteiger charge is 2.15. The molecule has 0 saturated carbocycles. The van der Waals surface area contributed by atoms with Gasteiger partial charge in [0.05, 0.1) is 8.66 Å². The molecule has 0 aliphatic heterocycles. The maximum absolute atomic E-state index is 12.1. The zero-order chi connectivity index (χ0) is 13.5. The van der Waals surface area contributed by atoms with Gasteiger partial charge in [-0.1, -0.05) is 33.1 Å². The first-order valence-electron chi connectivity index (χ1n) is 6.34. The van der Waals surface area contributed by atoms with Crippen LogP contribution in [-0.2, 0) is 0 Å². The van der Waals surface area contributed by atoms with E-state index in [0.717, 1.165) is 32.4 Å². The fourth-order valence-corrected chi connectivity index (χ4v) is 3.74. The average Bonchev–Trinajstić information content (AvgIpc) is 2.67. The fraction of sp³-hybridized carbons (Fsp3) is 0.615. The molecular formula is C13H19Br2NOS. The maximum Gasteiger partial charge on any atom is 0.261 e. The second-order valence-corrected chi connectivity index (χ2v) is 7.56. The van der Waals surface area contributed by atoms with Crippen LogP contribution in [0.2, 0.25) is 0 Å². The van der Waals surface area contributed by atoms with E-state index in [-0.39, 0.29) is 5.91 Å². The van der Waals surface area contributed by atoms with Crippen molar-refractivity contribution in [2.45, 2.75) is 52.0 Å². The van der Waals surface area contributed by atoms with Crippen LogP contribution in [0, 0.1) is 0 Å². The first-order valence-corrected chi connectivity index (χ1v) is 8.74. The largest absolute Gasteiger partial charge is 0.349 e. The molecule has 1 heterocycles. The topological polar surface area (TPSA) is 29.1 Å². The van der Waals surface area contributed by atoms with E-state index in [1.165, 1.54) is 24.2 Å². The van der Waals surface area contributed by atoms with Gasteiger partial charge in [0, 0.05) is 10.5 Å². The number of amides is 1. The van der Waals surface area contributed by atoms with Crippen molar-refractivity contribution in [3.05, 3.63) is 19.2 Å². The highest BCUT2D eigenvalue weighted by Crippen LogP contribution is 2.32. The first-order chi connectivity index (χ1) is 8.58. The summed E-state index contributed by atoms with van der Waals surface area (Å²) < 4.78 is 1.91. The number of thiophene rings is 1. The second-order valence-electron chi connectivity index (χ2n) is 4.33. The Morgan fingerprint density at radius 1 is 1.33 bits per heavy atom. The van der Waals surface area contributed by atoms with Gasteiger partial charge in [0.15, 0.2) is 0 Å². The molecule has 0 aliphatic carbocycles. The smallest absolute Gasteiger partial charge is 0.261 e.